The lowest BCUT2D eigenvalue weighted by Gasteiger charge is -2.24. The van der Waals surface area contributed by atoms with Gasteiger partial charge >= 0.3 is 0 Å². The molecule has 0 spiro atoms. The Morgan fingerprint density at radius 3 is 2.61 bits per heavy atom. The molecule has 1 aliphatic rings. The average molecular weight is 375 g/mol. The van der Waals surface area contributed by atoms with E-state index in [1.807, 2.05) is 11.8 Å². The zero-order chi connectivity index (χ0) is 16.9. The Kier molecular flexibility index (Phi) is 6.83. The van der Waals surface area contributed by atoms with Crippen molar-refractivity contribution in [2.45, 2.75) is 31.6 Å². The SMILES string of the molecule is CC(C)C1=CSCN1CCCCNS(=O)(=O)c1ccc(Cl)cc1. The summed E-state index contributed by atoms with van der Waals surface area (Å²) in [5.41, 5.74) is 1.39. The first-order valence-electron chi connectivity index (χ1n) is 7.72. The van der Waals surface area contributed by atoms with E-state index in [4.69, 9.17) is 11.6 Å². The van der Waals surface area contributed by atoms with Gasteiger partial charge in [-0.2, -0.15) is 0 Å². The zero-order valence-electron chi connectivity index (χ0n) is 13.5. The van der Waals surface area contributed by atoms with Gasteiger partial charge in [-0.05, 0) is 48.4 Å². The number of nitrogens with one attached hydrogen (secondary N) is 1. The summed E-state index contributed by atoms with van der Waals surface area (Å²) in [6.07, 6.45) is 1.78. The molecule has 0 aliphatic carbocycles. The van der Waals surface area contributed by atoms with Gasteiger partial charge < -0.3 is 4.90 Å². The number of hydrogen-bond donors (Lipinski definition) is 1. The minimum absolute atomic E-state index is 0.253. The van der Waals surface area contributed by atoms with Crippen molar-refractivity contribution in [3.63, 3.8) is 0 Å². The lowest BCUT2D eigenvalue weighted by atomic mass is 10.1. The quantitative estimate of drug-likeness (QED) is 0.701. The highest BCUT2D eigenvalue weighted by atomic mass is 35.5. The second kappa shape index (κ2) is 8.42. The van der Waals surface area contributed by atoms with Gasteiger partial charge in [-0.3, -0.25) is 0 Å². The molecule has 1 aliphatic heterocycles. The van der Waals surface area contributed by atoms with Gasteiger partial charge in [0, 0.05) is 23.8 Å². The smallest absolute Gasteiger partial charge is 0.240 e. The van der Waals surface area contributed by atoms with Crippen LogP contribution in [0.3, 0.4) is 0 Å². The molecule has 0 bridgehead atoms. The average Bonchev–Trinajstić information content (AvgIpc) is 2.96. The molecule has 0 saturated heterocycles. The van der Waals surface area contributed by atoms with Crippen LogP contribution in [-0.2, 0) is 10.0 Å². The summed E-state index contributed by atoms with van der Waals surface area (Å²) in [7, 11) is -3.44. The lowest BCUT2D eigenvalue weighted by Crippen LogP contribution is -2.27. The molecule has 1 aromatic carbocycles. The number of allylic oxidation sites excluding steroid dienone is 1. The molecule has 1 aromatic rings. The van der Waals surface area contributed by atoms with E-state index < -0.39 is 10.0 Å². The van der Waals surface area contributed by atoms with Gasteiger partial charge in [0.05, 0.1) is 10.8 Å². The van der Waals surface area contributed by atoms with Crippen LogP contribution in [0.4, 0.5) is 0 Å². The predicted octanol–water partition coefficient (Wildman–Crippen LogP) is 3.90. The van der Waals surface area contributed by atoms with Crippen molar-refractivity contribution < 1.29 is 8.42 Å². The molecule has 0 radical (unpaired) electrons. The topological polar surface area (TPSA) is 49.4 Å². The third-order valence-corrected chi connectivity index (χ3v) is 6.26. The monoisotopic (exact) mass is 374 g/mol. The molecule has 0 fully saturated rings. The Morgan fingerprint density at radius 2 is 1.96 bits per heavy atom. The van der Waals surface area contributed by atoms with Crippen LogP contribution in [-0.4, -0.2) is 32.3 Å². The van der Waals surface area contributed by atoms with Crippen molar-refractivity contribution in [1.29, 1.82) is 0 Å². The van der Waals surface area contributed by atoms with Crippen LogP contribution < -0.4 is 4.72 Å². The van der Waals surface area contributed by atoms with Gasteiger partial charge in [0.15, 0.2) is 0 Å². The summed E-state index contributed by atoms with van der Waals surface area (Å²) in [5, 5.41) is 2.76. The molecule has 0 saturated carbocycles. The molecule has 128 valence electrons. The maximum atomic E-state index is 12.1. The van der Waals surface area contributed by atoms with Gasteiger partial charge in [-0.15, -0.1) is 11.8 Å². The largest absolute Gasteiger partial charge is 0.365 e. The molecule has 0 amide bonds. The van der Waals surface area contributed by atoms with E-state index in [0.29, 0.717) is 17.5 Å². The number of unbranched alkanes of at least 4 members (excludes halogenated alkanes) is 1. The van der Waals surface area contributed by atoms with Crippen LogP contribution in [0.5, 0.6) is 0 Å². The minimum atomic E-state index is -3.44. The maximum Gasteiger partial charge on any atom is 0.240 e. The normalized spacial score (nSPS) is 15.3. The Labute approximate surface area is 148 Å². The number of benzene rings is 1. The molecular weight excluding hydrogens is 352 g/mol. The van der Waals surface area contributed by atoms with Crippen LogP contribution in [0, 0.1) is 5.92 Å². The molecular formula is C16H23ClN2O2S2. The summed E-state index contributed by atoms with van der Waals surface area (Å²) < 4.78 is 26.9. The first-order chi connectivity index (χ1) is 10.9. The van der Waals surface area contributed by atoms with Crippen molar-refractivity contribution in [1.82, 2.24) is 9.62 Å². The van der Waals surface area contributed by atoms with Gasteiger partial charge in [0.2, 0.25) is 10.0 Å². The van der Waals surface area contributed by atoms with Crippen LogP contribution in [0.2, 0.25) is 5.02 Å². The highest BCUT2D eigenvalue weighted by Gasteiger charge is 2.18. The summed E-state index contributed by atoms with van der Waals surface area (Å²) in [6, 6.07) is 6.21. The fourth-order valence-electron chi connectivity index (χ4n) is 2.39. The number of sulfonamides is 1. The van der Waals surface area contributed by atoms with Crippen LogP contribution in [0.15, 0.2) is 40.3 Å². The molecule has 0 aromatic heterocycles. The standard InChI is InChI=1S/C16H23ClN2O2S2/c1-13(2)16-11-22-12-19(16)10-4-3-9-18-23(20,21)15-7-5-14(17)6-8-15/h5-8,11,13,18H,3-4,9-10,12H2,1-2H3. The van der Waals surface area contributed by atoms with Crippen molar-refractivity contribution >= 4 is 33.4 Å². The van der Waals surface area contributed by atoms with E-state index in [-0.39, 0.29) is 4.90 Å². The second-order valence-electron chi connectivity index (χ2n) is 5.82. The highest BCUT2D eigenvalue weighted by Crippen LogP contribution is 2.28. The highest BCUT2D eigenvalue weighted by molar-refractivity contribution is 8.02. The summed E-state index contributed by atoms with van der Waals surface area (Å²) >= 11 is 7.60. The fraction of sp³-hybridized carbons (Fsp3) is 0.500. The van der Waals surface area contributed by atoms with Gasteiger partial charge in [0.25, 0.3) is 0 Å². The Hall–Kier alpha value is -0.690. The van der Waals surface area contributed by atoms with E-state index in [1.165, 1.54) is 17.8 Å². The minimum Gasteiger partial charge on any atom is -0.365 e. The number of rotatable bonds is 8. The van der Waals surface area contributed by atoms with E-state index >= 15 is 0 Å². The molecule has 23 heavy (non-hydrogen) atoms. The third kappa shape index (κ3) is 5.41. The number of hydrogen-bond acceptors (Lipinski definition) is 4. The van der Waals surface area contributed by atoms with Crippen LogP contribution >= 0.6 is 23.4 Å². The number of halogens is 1. The van der Waals surface area contributed by atoms with Crippen molar-refractivity contribution in [2.24, 2.45) is 5.92 Å². The van der Waals surface area contributed by atoms with Crippen molar-refractivity contribution in [2.75, 3.05) is 19.0 Å². The van der Waals surface area contributed by atoms with Gasteiger partial charge in [0.1, 0.15) is 0 Å². The number of thioether (sulfide) groups is 1. The summed E-state index contributed by atoms with van der Waals surface area (Å²) in [4.78, 5) is 2.63. The Balaban J connectivity index is 1.73. The summed E-state index contributed by atoms with van der Waals surface area (Å²) in [6.45, 7) is 5.82. The first kappa shape index (κ1) is 18.6. The van der Waals surface area contributed by atoms with Crippen LogP contribution in [0.25, 0.3) is 0 Å². The predicted molar refractivity (Wildman–Crippen MR) is 98.0 cm³/mol. The molecule has 1 N–H and O–H groups in total. The molecule has 2 rings (SSSR count). The van der Waals surface area contributed by atoms with Gasteiger partial charge in [-0.25, -0.2) is 13.1 Å². The van der Waals surface area contributed by atoms with Crippen LogP contribution in [0.1, 0.15) is 26.7 Å². The van der Waals surface area contributed by atoms with Gasteiger partial charge in [-0.1, -0.05) is 25.4 Å². The summed E-state index contributed by atoms with van der Waals surface area (Å²) in [5.74, 6) is 1.54. The van der Waals surface area contributed by atoms with Crippen molar-refractivity contribution in [3.05, 3.63) is 40.4 Å². The van der Waals surface area contributed by atoms with E-state index in [0.717, 1.165) is 25.3 Å². The molecule has 1 heterocycles. The van der Waals surface area contributed by atoms with E-state index in [1.54, 1.807) is 12.1 Å². The van der Waals surface area contributed by atoms with Crippen molar-refractivity contribution in [3.8, 4) is 0 Å². The maximum absolute atomic E-state index is 12.1. The third-order valence-electron chi connectivity index (χ3n) is 3.66. The van der Waals surface area contributed by atoms with E-state index in [2.05, 4.69) is 28.9 Å². The van der Waals surface area contributed by atoms with E-state index in [9.17, 15) is 8.42 Å². The zero-order valence-corrected chi connectivity index (χ0v) is 15.8. The molecule has 0 unspecified atom stereocenters. The molecule has 0 atom stereocenters. The first-order valence-corrected chi connectivity index (χ1v) is 10.6. The molecule has 4 nitrogen and oxygen atoms in total. The second-order valence-corrected chi connectivity index (χ2v) is 8.85. The molecule has 7 heteroatoms. The Bertz CT molecular complexity index is 643. The Morgan fingerprint density at radius 1 is 1.26 bits per heavy atom. The fourth-order valence-corrected chi connectivity index (χ4v) is 4.71. The lowest BCUT2D eigenvalue weighted by molar-refractivity contribution is 0.359. The number of nitrogens with zero attached hydrogens (tertiary/aromatic N) is 1.